The number of likely N-dealkylation sites (tertiary alicyclic amines) is 1. The Morgan fingerprint density at radius 2 is 2.00 bits per heavy atom. The Morgan fingerprint density at radius 3 is 2.81 bits per heavy atom. The minimum absolute atomic E-state index is 0.103. The standard InChI is InChI=1S/C25H36N4O3/c30-23(31)6-4-18-13-21-14-19(15-22(18)27-21)25(32)29-10-7-16(8-11-29)12-20-5-3-17-2-1-9-26-24(17)28-20/h3,5,16,18-19,21-22,27H,1-2,4,6-15H2,(H,26,28)(H,30,31)/t18?,19-,21-,22-/m1/s1. The summed E-state index contributed by atoms with van der Waals surface area (Å²) in [5.74, 6) is 1.78. The molecule has 3 fully saturated rings. The highest BCUT2D eigenvalue weighted by Gasteiger charge is 2.43. The highest BCUT2D eigenvalue weighted by molar-refractivity contribution is 5.79. The number of anilines is 1. The summed E-state index contributed by atoms with van der Waals surface area (Å²) in [6.07, 6.45) is 9.16. The van der Waals surface area contributed by atoms with Crippen molar-refractivity contribution in [2.45, 2.75) is 76.3 Å². The minimum atomic E-state index is -0.719. The van der Waals surface area contributed by atoms with Gasteiger partial charge in [0.2, 0.25) is 5.91 Å². The van der Waals surface area contributed by atoms with Gasteiger partial charge in [0.1, 0.15) is 5.82 Å². The number of aliphatic carboxylic acids is 1. The molecule has 4 aliphatic heterocycles. The van der Waals surface area contributed by atoms with Gasteiger partial charge in [-0.05, 0) is 81.3 Å². The Balaban J connectivity index is 1.11. The lowest BCUT2D eigenvalue weighted by Crippen LogP contribution is -2.48. The van der Waals surface area contributed by atoms with Crippen molar-refractivity contribution in [2.24, 2.45) is 17.8 Å². The zero-order valence-electron chi connectivity index (χ0n) is 18.9. The predicted molar refractivity (Wildman–Crippen MR) is 122 cm³/mol. The summed E-state index contributed by atoms with van der Waals surface area (Å²) >= 11 is 0. The number of carboxylic acid groups (broad SMARTS) is 1. The third-order valence-electron chi connectivity index (χ3n) is 8.17. The van der Waals surface area contributed by atoms with Crippen LogP contribution in [0.2, 0.25) is 0 Å². The smallest absolute Gasteiger partial charge is 0.303 e. The molecule has 174 valence electrons. The summed E-state index contributed by atoms with van der Waals surface area (Å²) in [4.78, 5) is 31.2. The van der Waals surface area contributed by atoms with Gasteiger partial charge in [-0.2, -0.15) is 0 Å². The second-order valence-electron chi connectivity index (χ2n) is 10.4. The van der Waals surface area contributed by atoms with Crippen LogP contribution in [0.3, 0.4) is 0 Å². The summed E-state index contributed by atoms with van der Waals surface area (Å²) in [6, 6.07) is 5.11. The number of amides is 1. The third kappa shape index (κ3) is 4.77. The van der Waals surface area contributed by atoms with E-state index in [9.17, 15) is 9.59 Å². The molecule has 0 spiro atoms. The molecule has 0 aromatic carbocycles. The van der Waals surface area contributed by atoms with Crippen molar-refractivity contribution in [3.63, 3.8) is 0 Å². The van der Waals surface area contributed by atoms with Crippen LogP contribution in [0.25, 0.3) is 0 Å². The van der Waals surface area contributed by atoms with Crippen LogP contribution in [0.1, 0.15) is 62.6 Å². The van der Waals surface area contributed by atoms with Crippen LogP contribution in [0.15, 0.2) is 12.1 Å². The summed E-state index contributed by atoms with van der Waals surface area (Å²) in [7, 11) is 0. The number of hydrogen-bond donors (Lipinski definition) is 3. The zero-order valence-corrected chi connectivity index (χ0v) is 18.9. The molecule has 3 N–H and O–H groups in total. The van der Waals surface area contributed by atoms with Crippen LogP contribution in [0.4, 0.5) is 5.82 Å². The van der Waals surface area contributed by atoms with Crippen LogP contribution in [-0.4, -0.2) is 58.6 Å². The van der Waals surface area contributed by atoms with Gasteiger partial charge in [-0.25, -0.2) is 4.98 Å². The predicted octanol–water partition coefficient (Wildman–Crippen LogP) is 2.84. The summed E-state index contributed by atoms with van der Waals surface area (Å²) in [6.45, 7) is 2.73. The fourth-order valence-electron chi connectivity index (χ4n) is 6.43. The van der Waals surface area contributed by atoms with Crippen LogP contribution < -0.4 is 10.6 Å². The molecular weight excluding hydrogens is 404 g/mol. The van der Waals surface area contributed by atoms with Gasteiger partial charge in [0.15, 0.2) is 0 Å². The largest absolute Gasteiger partial charge is 0.481 e. The van der Waals surface area contributed by atoms with E-state index in [1.165, 1.54) is 17.7 Å². The number of hydrogen-bond acceptors (Lipinski definition) is 5. The number of aryl methyl sites for hydroxylation is 1. The van der Waals surface area contributed by atoms with Gasteiger partial charge < -0.3 is 20.6 Å². The number of carbonyl (C=O) groups is 2. The van der Waals surface area contributed by atoms with Gasteiger partial charge in [0, 0.05) is 49.8 Å². The molecule has 7 heteroatoms. The van der Waals surface area contributed by atoms with Crippen LogP contribution in [0.5, 0.6) is 0 Å². The highest BCUT2D eigenvalue weighted by atomic mass is 16.4. The van der Waals surface area contributed by atoms with Crippen molar-refractivity contribution in [3.05, 3.63) is 23.4 Å². The molecule has 1 amide bonds. The topological polar surface area (TPSA) is 94.6 Å². The van der Waals surface area contributed by atoms with Gasteiger partial charge in [0.05, 0.1) is 0 Å². The van der Waals surface area contributed by atoms with E-state index in [-0.39, 0.29) is 12.3 Å². The molecule has 3 saturated heterocycles. The maximum absolute atomic E-state index is 13.3. The first kappa shape index (κ1) is 21.7. The summed E-state index contributed by atoms with van der Waals surface area (Å²) in [5, 5.41) is 16.1. The molecule has 1 unspecified atom stereocenters. The molecule has 4 atom stereocenters. The Kier molecular flexibility index (Phi) is 6.35. The van der Waals surface area contributed by atoms with Crippen LogP contribution in [0, 0.1) is 17.8 Å². The molecule has 32 heavy (non-hydrogen) atoms. The lowest BCUT2D eigenvalue weighted by molar-refractivity contribution is -0.139. The molecule has 4 aliphatic rings. The van der Waals surface area contributed by atoms with Gasteiger partial charge in [-0.15, -0.1) is 0 Å². The van der Waals surface area contributed by atoms with Crippen LogP contribution >= 0.6 is 0 Å². The fraction of sp³-hybridized carbons (Fsp3) is 0.720. The first-order valence-electron chi connectivity index (χ1n) is 12.5. The summed E-state index contributed by atoms with van der Waals surface area (Å²) < 4.78 is 0. The van der Waals surface area contributed by atoms with E-state index < -0.39 is 5.97 Å². The van der Waals surface area contributed by atoms with Crippen molar-refractivity contribution in [1.82, 2.24) is 15.2 Å². The average molecular weight is 441 g/mol. The Labute approximate surface area is 190 Å². The monoisotopic (exact) mass is 440 g/mol. The Bertz CT molecular complexity index is 852. The van der Waals surface area contributed by atoms with Gasteiger partial charge in [0.25, 0.3) is 0 Å². The SMILES string of the molecule is O=C(O)CCC1C[C@@H]2C[C@@H](C(=O)N3CCC(Cc4ccc5c(n4)NCCC5)CC3)C[C@H]1N2. The second-order valence-corrected chi connectivity index (χ2v) is 10.4. The van der Waals surface area contributed by atoms with Crippen molar-refractivity contribution < 1.29 is 14.7 Å². The number of nitrogens with zero attached hydrogens (tertiary/aromatic N) is 2. The lowest BCUT2D eigenvalue weighted by atomic mass is 9.87. The first-order chi connectivity index (χ1) is 15.5. The Morgan fingerprint density at radius 1 is 1.16 bits per heavy atom. The average Bonchev–Trinajstić information content (AvgIpc) is 3.10. The van der Waals surface area contributed by atoms with E-state index in [1.54, 1.807) is 0 Å². The van der Waals surface area contributed by atoms with Crippen molar-refractivity contribution in [3.8, 4) is 0 Å². The molecule has 0 saturated carbocycles. The summed E-state index contributed by atoms with van der Waals surface area (Å²) in [5.41, 5.74) is 2.51. The van der Waals surface area contributed by atoms with E-state index in [4.69, 9.17) is 10.1 Å². The molecule has 0 aliphatic carbocycles. The molecule has 1 aromatic rings. The molecule has 1 aromatic heterocycles. The molecular formula is C25H36N4O3. The second kappa shape index (κ2) is 9.38. The number of nitrogens with one attached hydrogen (secondary N) is 2. The van der Waals surface area contributed by atoms with Gasteiger partial charge >= 0.3 is 5.97 Å². The number of aromatic nitrogens is 1. The number of carbonyl (C=O) groups excluding carboxylic acids is 1. The quantitative estimate of drug-likeness (QED) is 0.630. The molecule has 2 bridgehead atoms. The lowest BCUT2D eigenvalue weighted by Gasteiger charge is -2.37. The van der Waals surface area contributed by atoms with Crippen molar-refractivity contribution in [2.75, 3.05) is 25.0 Å². The molecule has 7 nitrogen and oxygen atoms in total. The highest BCUT2D eigenvalue weighted by Crippen LogP contribution is 2.38. The normalized spacial score (nSPS) is 29.9. The number of piperidine rings is 2. The molecule has 0 radical (unpaired) electrons. The van der Waals surface area contributed by atoms with Crippen LogP contribution in [-0.2, 0) is 22.4 Å². The van der Waals surface area contributed by atoms with Gasteiger partial charge in [-0.3, -0.25) is 9.59 Å². The van der Waals surface area contributed by atoms with E-state index in [1.807, 2.05) is 0 Å². The number of fused-ring (bicyclic) bond motifs is 3. The van der Waals surface area contributed by atoms with Crippen molar-refractivity contribution >= 4 is 17.7 Å². The fourth-order valence-corrected chi connectivity index (χ4v) is 6.43. The molecule has 5 rings (SSSR count). The number of carboxylic acids is 1. The molecule has 5 heterocycles. The zero-order chi connectivity index (χ0) is 22.1. The maximum atomic E-state index is 13.3. The minimum Gasteiger partial charge on any atom is -0.481 e. The van der Waals surface area contributed by atoms with Gasteiger partial charge in [-0.1, -0.05) is 6.07 Å². The number of pyridine rings is 1. The number of rotatable bonds is 6. The first-order valence-corrected chi connectivity index (χ1v) is 12.5. The third-order valence-corrected chi connectivity index (χ3v) is 8.17. The van der Waals surface area contributed by atoms with E-state index in [2.05, 4.69) is 27.7 Å². The van der Waals surface area contributed by atoms with E-state index in [0.29, 0.717) is 29.8 Å². The maximum Gasteiger partial charge on any atom is 0.303 e. The van der Waals surface area contributed by atoms with E-state index >= 15 is 0 Å². The Hall–Kier alpha value is -2.15. The van der Waals surface area contributed by atoms with E-state index in [0.717, 1.165) is 76.8 Å². The van der Waals surface area contributed by atoms with Crippen molar-refractivity contribution in [1.29, 1.82) is 0 Å².